The standard InChI is InChI=1S/C8H5BrF2N2O/c9-4-1-2-5-6(13-3-12-5)7(4)14-8(10)11/h1-3,8H,(H,12,13). The maximum Gasteiger partial charge on any atom is 0.387 e. The van der Waals surface area contributed by atoms with E-state index in [9.17, 15) is 8.78 Å². The molecule has 1 aromatic carbocycles. The Balaban J connectivity index is 2.58. The van der Waals surface area contributed by atoms with E-state index in [4.69, 9.17) is 0 Å². The van der Waals surface area contributed by atoms with Gasteiger partial charge in [-0.2, -0.15) is 8.78 Å². The molecule has 0 aliphatic rings. The lowest BCUT2D eigenvalue weighted by Crippen LogP contribution is -2.03. The fraction of sp³-hybridized carbons (Fsp3) is 0.125. The zero-order chi connectivity index (χ0) is 10.1. The molecule has 0 aliphatic heterocycles. The van der Waals surface area contributed by atoms with Crippen LogP contribution in [0.25, 0.3) is 11.0 Å². The van der Waals surface area contributed by atoms with Crippen LogP contribution >= 0.6 is 15.9 Å². The Kier molecular flexibility index (Phi) is 2.37. The highest BCUT2D eigenvalue weighted by Crippen LogP contribution is 2.32. The molecule has 1 heterocycles. The third kappa shape index (κ3) is 1.57. The molecule has 74 valence electrons. The van der Waals surface area contributed by atoms with Crippen LogP contribution in [0.2, 0.25) is 0 Å². The maximum absolute atomic E-state index is 12.1. The molecule has 3 nitrogen and oxygen atoms in total. The molecule has 0 saturated carbocycles. The fourth-order valence-electron chi connectivity index (χ4n) is 1.16. The molecular formula is C8H5BrF2N2O. The molecule has 0 radical (unpaired) electrons. The number of nitrogens with one attached hydrogen (secondary N) is 1. The predicted octanol–water partition coefficient (Wildman–Crippen LogP) is 2.93. The molecular weight excluding hydrogens is 258 g/mol. The second-order valence-electron chi connectivity index (χ2n) is 2.55. The van der Waals surface area contributed by atoms with E-state index in [2.05, 4.69) is 30.6 Å². The van der Waals surface area contributed by atoms with Gasteiger partial charge in [-0.05, 0) is 28.1 Å². The quantitative estimate of drug-likeness (QED) is 0.904. The molecule has 0 fully saturated rings. The molecule has 0 amide bonds. The Bertz CT molecular complexity index is 458. The van der Waals surface area contributed by atoms with Crippen molar-refractivity contribution >= 4 is 27.0 Å². The number of benzene rings is 1. The molecule has 2 rings (SSSR count). The second kappa shape index (κ2) is 3.53. The van der Waals surface area contributed by atoms with Crippen LogP contribution < -0.4 is 4.74 Å². The van der Waals surface area contributed by atoms with Gasteiger partial charge in [-0.15, -0.1) is 0 Å². The van der Waals surface area contributed by atoms with Gasteiger partial charge in [0.1, 0.15) is 5.52 Å². The molecule has 0 unspecified atom stereocenters. The molecule has 1 aromatic heterocycles. The largest absolute Gasteiger partial charge is 0.431 e. The predicted molar refractivity (Wildman–Crippen MR) is 50.4 cm³/mol. The van der Waals surface area contributed by atoms with Gasteiger partial charge in [-0.25, -0.2) is 4.98 Å². The van der Waals surface area contributed by atoms with Gasteiger partial charge in [0.25, 0.3) is 0 Å². The molecule has 0 spiro atoms. The van der Waals surface area contributed by atoms with E-state index in [0.717, 1.165) is 0 Å². The van der Waals surface area contributed by atoms with E-state index in [1.54, 1.807) is 12.1 Å². The van der Waals surface area contributed by atoms with Crippen LogP contribution in [0.3, 0.4) is 0 Å². The average Bonchev–Trinajstić information content (AvgIpc) is 2.57. The van der Waals surface area contributed by atoms with E-state index >= 15 is 0 Å². The van der Waals surface area contributed by atoms with Crippen molar-refractivity contribution in [2.24, 2.45) is 0 Å². The van der Waals surface area contributed by atoms with Gasteiger partial charge in [0.2, 0.25) is 0 Å². The number of rotatable bonds is 2. The van der Waals surface area contributed by atoms with Crippen molar-refractivity contribution in [2.75, 3.05) is 0 Å². The first-order valence-electron chi connectivity index (χ1n) is 3.75. The van der Waals surface area contributed by atoms with Gasteiger partial charge in [0.05, 0.1) is 16.3 Å². The Labute approximate surface area is 86.2 Å². The third-order valence-corrected chi connectivity index (χ3v) is 2.33. The normalized spacial score (nSPS) is 11.1. The first-order valence-corrected chi connectivity index (χ1v) is 4.54. The van der Waals surface area contributed by atoms with Crippen molar-refractivity contribution in [1.29, 1.82) is 0 Å². The van der Waals surface area contributed by atoms with E-state index in [-0.39, 0.29) is 5.75 Å². The summed E-state index contributed by atoms with van der Waals surface area (Å²) in [5.74, 6) is 0.0544. The zero-order valence-corrected chi connectivity index (χ0v) is 8.38. The lowest BCUT2D eigenvalue weighted by molar-refractivity contribution is -0.0494. The third-order valence-electron chi connectivity index (χ3n) is 1.70. The van der Waals surface area contributed by atoms with E-state index in [1.165, 1.54) is 6.33 Å². The van der Waals surface area contributed by atoms with E-state index in [0.29, 0.717) is 15.5 Å². The number of H-pyrrole nitrogens is 1. The van der Waals surface area contributed by atoms with Gasteiger partial charge in [0.15, 0.2) is 5.75 Å². The first-order chi connectivity index (χ1) is 6.68. The molecule has 0 bridgehead atoms. The van der Waals surface area contributed by atoms with E-state index < -0.39 is 6.61 Å². The van der Waals surface area contributed by atoms with Crippen LogP contribution in [0.1, 0.15) is 0 Å². The Morgan fingerprint density at radius 3 is 2.93 bits per heavy atom. The Morgan fingerprint density at radius 1 is 1.43 bits per heavy atom. The topological polar surface area (TPSA) is 37.9 Å². The average molecular weight is 263 g/mol. The summed E-state index contributed by atoms with van der Waals surface area (Å²) in [6.45, 7) is -2.85. The summed E-state index contributed by atoms with van der Waals surface area (Å²) in [6.07, 6.45) is 1.43. The smallest absolute Gasteiger partial charge is 0.387 e. The number of aromatic amines is 1. The maximum atomic E-state index is 12.1. The van der Waals surface area contributed by atoms with Crippen molar-refractivity contribution in [3.05, 3.63) is 22.9 Å². The number of alkyl halides is 2. The second-order valence-corrected chi connectivity index (χ2v) is 3.41. The summed E-state index contributed by atoms with van der Waals surface area (Å²) < 4.78 is 28.9. The Morgan fingerprint density at radius 2 is 2.21 bits per heavy atom. The SMILES string of the molecule is FC(F)Oc1c(Br)ccc2[nH]cnc12. The minimum Gasteiger partial charge on any atom is -0.431 e. The van der Waals surface area contributed by atoms with E-state index in [1.807, 2.05) is 0 Å². The van der Waals surface area contributed by atoms with Crippen molar-refractivity contribution in [3.63, 3.8) is 0 Å². The van der Waals surface area contributed by atoms with Gasteiger partial charge in [-0.1, -0.05) is 0 Å². The van der Waals surface area contributed by atoms with Gasteiger partial charge in [-0.3, -0.25) is 0 Å². The number of nitrogens with zero attached hydrogens (tertiary/aromatic N) is 1. The van der Waals surface area contributed by atoms with Crippen LogP contribution in [0.15, 0.2) is 22.9 Å². The molecule has 0 saturated heterocycles. The summed E-state index contributed by atoms with van der Waals surface area (Å²) in [7, 11) is 0. The summed E-state index contributed by atoms with van der Waals surface area (Å²) in [6, 6.07) is 3.35. The minimum atomic E-state index is -2.85. The van der Waals surface area contributed by atoms with Crippen molar-refractivity contribution in [1.82, 2.24) is 9.97 Å². The molecule has 14 heavy (non-hydrogen) atoms. The number of ether oxygens (including phenoxy) is 1. The lowest BCUT2D eigenvalue weighted by Gasteiger charge is -2.06. The summed E-state index contributed by atoms with van der Waals surface area (Å²) in [5.41, 5.74) is 1.04. The highest BCUT2D eigenvalue weighted by molar-refractivity contribution is 9.10. The van der Waals surface area contributed by atoms with Crippen LogP contribution in [-0.4, -0.2) is 16.6 Å². The van der Waals surface area contributed by atoms with Crippen molar-refractivity contribution < 1.29 is 13.5 Å². The first kappa shape index (κ1) is 9.39. The zero-order valence-electron chi connectivity index (χ0n) is 6.80. The highest BCUT2D eigenvalue weighted by atomic mass is 79.9. The van der Waals surface area contributed by atoms with Crippen molar-refractivity contribution in [2.45, 2.75) is 6.61 Å². The Hall–Kier alpha value is -1.17. The number of hydrogen-bond acceptors (Lipinski definition) is 2. The number of hydrogen-bond donors (Lipinski definition) is 1. The monoisotopic (exact) mass is 262 g/mol. The summed E-state index contributed by atoms with van der Waals surface area (Å²) in [5, 5.41) is 0. The summed E-state index contributed by atoms with van der Waals surface area (Å²) in [4.78, 5) is 6.69. The van der Waals surface area contributed by atoms with Crippen LogP contribution in [0, 0.1) is 0 Å². The molecule has 1 N–H and O–H groups in total. The molecule has 0 atom stereocenters. The van der Waals surface area contributed by atoms with Gasteiger partial charge in [0, 0.05) is 0 Å². The fourth-order valence-corrected chi connectivity index (χ4v) is 1.57. The number of imidazole rings is 1. The molecule has 6 heteroatoms. The lowest BCUT2D eigenvalue weighted by atomic mass is 10.3. The number of halogens is 3. The minimum absolute atomic E-state index is 0.0544. The van der Waals surface area contributed by atoms with Crippen LogP contribution in [0.4, 0.5) is 8.78 Å². The van der Waals surface area contributed by atoms with Crippen LogP contribution in [-0.2, 0) is 0 Å². The van der Waals surface area contributed by atoms with Crippen molar-refractivity contribution in [3.8, 4) is 5.75 Å². The molecule has 0 aliphatic carbocycles. The number of aromatic nitrogens is 2. The highest BCUT2D eigenvalue weighted by Gasteiger charge is 2.13. The summed E-state index contributed by atoms with van der Waals surface area (Å²) >= 11 is 3.12. The van der Waals surface area contributed by atoms with Gasteiger partial charge < -0.3 is 9.72 Å². The molecule has 2 aromatic rings. The number of fused-ring (bicyclic) bond motifs is 1. The van der Waals surface area contributed by atoms with Gasteiger partial charge >= 0.3 is 6.61 Å². The van der Waals surface area contributed by atoms with Crippen LogP contribution in [0.5, 0.6) is 5.75 Å².